The maximum Gasteiger partial charge on any atom is 0.334 e. The number of thiophene rings is 1. The summed E-state index contributed by atoms with van der Waals surface area (Å²) in [5, 5.41) is 16.1. The highest BCUT2D eigenvalue weighted by Gasteiger charge is 2.68. The van der Waals surface area contributed by atoms with E-state index in [0.29, 0.717) is 5.57 Å². The maximum absolute atomic E-state index is 13.8. The largest absolute Gasteiger partial charge is 0.451 e. The second-order valence-electron chi connectivity index (χ2n) is 9.28. The Balaban J connectivity index is 1.43. The minimum absolute atomic E-state index is 0.101. The third-order valence-corrected chi connectivity index (χ3v) is 8.89. The maximum atomic E-state index is 13.8. The highest BCUT2D eigenvalue weighted by Crippen LogP contribution is 2.47. The van der Waals surface area contributed by atoms with Crippen LogP contribution in [0.3, 0.4) is 0 Å². The highest BCUT2D eigenvalue weighted by molar-refractivity contribution is 8.03. The Labute approximate surface area is 234 Å². The van der Waals surface area contributed by atoms with Crippen LogP contribution in [0.4, 0.5) is 0 Å². The van der Waals surface area contributed by atoms with Crippen molar-refractivity contribution in [2.24, 2.45) is 0 Å². The van der Waals surface area contributed by atoms with Crippen LogP contribution in [0.5, 0.6) is 0 Å². The van der Waals surface area contributed by atoms with Gasteiger partial charge in [-0.1, -0.05) is 66.7 Å². The number of amides is 2. The third kappa shape index (κ3) is 5.12. The van der Waals surface area contributed by atoms with E-state index in [1.807, 2.05) is 78.2 Å². The number of aliphatic hydroxyl groups is 1. The van der Waals surface area contributed by atoms with E-state index in [4.69, 9.17) is 9.47 Å². The topological polar surface area (TPSA) is 105 Å². The minimum atomic E-state index is -1.64. The van der Waals surface area contributed by atoms with Crippen LogP contribution in [0.2, 0.25) is 0 Å². The van der Waals surface area contributed by atoms with Gasteiger partial charge in [-0.05, 0) is 40.5 Å². The average molecular weight is 565 g/mol. The average Bonchev–Trinajstić information content (AvgIpc) is 3.47. The predicted molar refractivity (Wildman–Crippen MR) is 149 cm³/mol. The quantitative estimate of drug-likeness (QED) is 0.232. The number of benzene rings is 2. The van der Waals surface area contributed by atoms with Crippen molar-refractivity contribution in [2.45, 2.75) is 42.7 Å². The van der Waals surface area contributed by atoms with Crippen LogP contribution in [0.25, 0.3) is 0 Å². The molecule has 3 heterocycles. The summed E-state index contributed by atoms with van der Waals surface area (Å²) >= 11 is 2.65. The summed E-state index contributed by atoms with van der Waals surface area (Å²) in [4.78, 5) is 42.5. The Kier molecular flexibility index (Phi) is 7.90. The molecule has 0 radical (unpaired) electrons. The number of ether oxygens (including phenoxy) is 2. The number of aliphatic hydroxyl groups excluding tert-OH is 1. The predicted octanol–water partition coefficient (Wildman–Crippen LogP) is 3.63. The van der Waals surface area contributed by atoms with Crippen molar-refractivity contribution in [3.63, 3.8) is 0 Å². The van der Waals surface area contributed by atoms with Crippen LogP contribution in [0, 0.1) is 0 Å². The molecule has 0 aliphatic carbocycles. The molecule has 10 heteroatoms. The Morgan fingerprint density at radius 3 is 2.23 bits per heavy atom. The molecule has 1 aromatic heterocycles. The van der Waals surface area contributed by atoms with Crippen molar-refractivity contribution in [1.82, 2.24) is 10.2 Å². The van der Waals surface area contributed by atoms with Crippen LogP contribution in [-0.4, -0.2) is 58.1 Å². The van der Waals surface area contributed by atoms with E-state index in [9.17, 15) is 19.5 Å². The molecule has 4 atom stereocenters. The second-order valence-corrected chi connectivity index (χ2v) is 11.3. The number of fused-ring (bicyclic) bond motifs is 1. The first kappa shape index (κ1) is 27.1. The summed E-state index contributed by atoms with van der Waals surface area (Å²) in [6.45, 7) is 1.54. The Bertz CT molecular complexity index is 1320. The number of carbonyl (C=O) groups is 3. The highest BCUT2D eigenvalue weighted by atomic mass is 32.2. The van der Waals surface area contributed by atoms with Crippen molar-refractivity contribution in [3.05, 3.63) is 105 Å². The number of methoxy groups -OCH3 is 1. The first-order valence-corrected chi connectivity index (χ1v) is 14.2. The number of β-lactam (4-membered cyclic amide) rings is 1. The number of esters is 1. The van der Waals surface area contributed by atoms with Crippen LogP contribution >= 0.6 is 23.1 Å². The van der Waals surface area contributed by atoms with Crippen LogP contribution < -0.4 is 5.32 Å². The molecule has 202 valence electrons. The molecule has 5 rings (SSSR count). The van der Waals surface area contributed by atoms with Crippen LogP contribution in [0.15, 0.2) is 89.2 Å². The number of nitrogens with zero attached hydrogens (tertiary/aromatic N) is 1. The molecular weight excluding hydrogens is 536 g/mol. The zero-order valence-corrected chi connectivity index (χ0v) is 23.0. The summed E-state index contributed by atoms with van der Waals surface area (Å²) in [7, 11) is 1.35. The van der Waals surface area contributed by atoms with Gasteiger partial charge in [0.1, 0.15) is 5.37 Å². The van der Waals surface area contributed by atoms with Gasteiger partial charge in [0, 0.05) is 12.0 Å². The molecular formula is C29H28N2O6S2. The van der Waals surface area contributed by atoms with E-state index in [-0.39, 0.29) is 12.3 Å². The van der Waals surface area contributed by atoms with Crippen LogP contribution in [-0.2, 0) is 30.3 Å². The molecule has 0 spiro atoms. The molecule has 2 amide bonds. The van der Waals surface area contributed by atoms with Crippen molar-refractivity contribution in [3.8, 4) is 0 Å². The van der Waals surface area contributed by atoms with Gasteiger partial charge in [-0.2, -0.15) is 0 Å². The van der Waals surface area contributed by atoms with Gasteiger partial charge in [0.15, 0.2) is 12.1 Å². The fourth-order valence-corrected chi connectivity index (χ4v) is 6.95. The van der Waals surface area contributed by atoms with E-state index in [2.05, 4.69) is 5.32 Å². The fourth-order valence-electron chi connectivity index (χ4n) is 4.83. The lowest BCUT2D eigenvalue weighted by molar-refractivity contribution is -0.203. The lowest BCUT2D eigenvalue weighted by atomic mass is 9.92. The third-order valence-electron chi connectivity index (χ3n) is 6.79. The molecule has 2 aliphatic heterocycles. The molecule has 1 saturated heterocycles. The van der Waals surface area contributed by atoms with Gasteiger partial charge >= 0.3 is 5.97 Å². The molecule has 2 aliphatic rings. The summed E-state index contributed by atoms with van der Waals surface area (Å²) in [6.07, 6.45) is -1.64. The summed E-state index contributed by atoms with van der Waals surface area (Å²) in [6, 6.07) is 21.2. The number of nitrogens with one attached hydrogen (secondary N) is 1. The number of thioether (sulfide) groups is 1. The van der Waals surface area contributed by atoms with E-state index >= 15 is 0 Å². The standard InChI is InChI=1S/C29H28N2O6S2/c1-18(32)22-17-39-28-29(36-2,30-23(33)16-21-14-9-15-38-21)27(35)31(28)24(22)26(34)37-25(19-10-5-3-6-11-19)20-12-7-4-8-13-20/h3-15,17-18,24-25,28,32H,16H2,1-2H3,(H,30,33)/t18?,24?,28-,29?/m1/s1. The molecule has 1 fully saturated rings. The normalized spacial score (nSPS) is 22.9. The van der Waals surface area contributed by atoms with Crippen molar-refractivity contribution < 1.29 is 29.0 Å². The van der Waals surface area contributed by atoms with Gasteiger partial charge in [-0.3, -0.25) is 9.59 Å². The first-order valence-electron chi connectivity index (χ1n) is 12.4. The van der Waals surface area contributed by atoms with Gasteiger partial charge in [-0.15, -0.1) is 23.1 Å². The first-order chi connectivity index (χ1) is 18.9. The monoisotopic (exact) mass is 564 g/mol. The molecule has 0 saturated carbocycles. The van der Waals surface area contributed by atoms with E-state index in [1.54, 1.807) is 5.41 Å². The number of carbonyl (C=O) groups excluding carboxylic acids is 3. The summed E-state index contributed by atoms with van der Waals surface area (Å²) < 4.78 is 11.7. The molecule has 2 aromatic carbocycles. The molecule has 2 N–H and O–H groups in total. The van der Waals surface area contributed by atoms with Crippen molar-refractivity contribution >= 4 is 40.9 Å². The van der Waals surface area contributed by atoms with Crippen LogP contribution in [0.1, 0.15) is 29.0 Å². The molecule has 0 bridgehead atoms. The minimum Gasteiger partial charge on any atom is -0.451 e. The lowest BCUT2D eigenvalue weighted by Gasteiger charge is -2.57. The number of hydrogen-bond acceptors (Lipinski definition) is 8. The Morgan fingerprint density at radius 1 is 1.05 bits per heavy atom. The van der Waals surface area contributed by atoms with E-state index in [1.165, 1.54) is 42.0 Å². The van der Waals surface area contributed by atoms with Gasteiger partial charge in [0.05, 0.1) is 12.5 Å². The Morgan fingerprint density at radius 2 is 1.69 bits per heavy atom. The van der Waals surface area contributed by atoms with E-state index in [0.717, 1.165) is 16.0 Å². The summed E-state index contributed by atoms with van der Waals surface area (Å²) in [5.41, 5.74) is 0.229. The van der Waals surface area contributed by atoms with E-state index < -0.39 is 41.2 Å². The smallest absolute Gasteiger partial charge is 0.334 e. The Hall–Kier alpha value is -3.44. The van der Waals surface area contributed by atoms with Gasteiger partial charge in [-0.25, -0.2) is 4.79 Å². The van der Waals surface area contributed by atoms with Crippen molar-refractivity contribution in [2.75, 3.05) is 7.11 Å². The number of hydrogen-bond donors (Lipinski definition) is 2. The summed E-state index contributed by atoms with van der Waals surface area (Å²) in [5.74, 6) is -1.63. The zero-order valence-electron chi connectivity index (χ0n) is 21.4. The SMILES string of the molecule is COC1(NC(=O)Cc2cccs2)C(=O)N2C(C(=O)OC(c3ccccc3)c3ccccc3)C(C(C)O)=CS[C@@H]21. The fraction of sp³-hybridized carbons (Fsp3) is 0.276. The van der Waals surface area contributed by atoms with Gasteiger partial charge in [0.25, 0.3) is 11.6 Å². The van der Waals surface area contributed by atoms with Crippen molar-refractivity contribution in [1.29, 1.82) is 0 Å². The molecule has 3 unspecified atom stereocenters. The number of rotatable bonds is 9. The molecule has 8 nitrogen and oxygen atoms in total. The van der Waals surface area contributed by atoms with Gasteiger partial charge < -0.3 is 24.8 Å². The molecule has 3 aromatic rings. The lowest BCUT2D eigenvalue weighted by Crippen LogP contribution is -2.83. The second kappa shape index (κ2) is 11.4. The van der Waals surface area contributed by atoms with Gasteiger partial charge in [0.2, 0.25) is 5.91 Å². The zero-order chi connectivity index (χ0) is 27.6. The molecule has 39 heavy (non-hydrogen) atoms.